The van der Waals surface area contributed by atoms with Gasteiger partial charge in [0.15, 0.2) is 0 Å². The van der Waals surface area contributed by atoms with Crippen molar-refractivity contribution in [1.29, 1.82) is 0 Å². The molecule has 0 fully saturated rings. The van der Waals surface area contributed by atoms with Crippen molar-refractivity contribution in [2.24, 2.45) is 9.98 Å². The van der Waals surface area contributed by atoms with Gasteiger partial charge in [0.25, 0.3) is 0 Å². The highest BCUT2D eigenvalue weighted by molar-refractivity contribution is 6.43. The van der Waals surface area contributed by atoms with E-state index in [0.29, 0.717) is 0 Å². The summed E-state index contributed by atoms with van der Waals surface area (Å²) < 4.78 is 0. The lowest BCUT2D eigenvalue weighted by atomic mass is 10.00. The molecule has 0 unspecified atom stereocenters. The molecule has 0 spiro atoms. The zero-order chi connectivity index (χ0) is 35.4. The number of nitrogens with zero attached hydrogens (tertiary/aromatic N) is 2. The molecule has 0 aliphatic carbocycles. The van der Waals surface area contributed by atoms with Gasteiger partial charge < -0.3 is 0 Å². The standard InChI is InChI=1S/C47H78N2/c1-7-9-11-12-13-14-15-16-17-18-19-20-21-22-23-24-25-26-27-28-29-30-31-33-47(49-45-37-35-41(4)43(6)39-45)46(32-10-8-2)48-44-36-34-40(3)42(5)38-44/h34-39H,7-33H2,1-6H3. The Morgan fingerprint density at radius 1 is 0.347 bits per heavy atom. The van der Waals surface area contributed by atoms with E-state index in [0.717, 1.165) is 30.6 Å². The van der Waals surface area contributed by atoms with Gasteiger partial charge in [0, 0.05) is 0 Å². The van der Waals surface area contributed by atoms with E-state index in [2.05, 4.69) is 77.9 Å². The maximum Gasteiger partial charge on any atom is 0.0636 e. The molecule has 0 amide bonds. The smallest absolute Gasteiger partial charge is 0.0636 e. The summed E-state index contributed by atoms with van der Waals surface area (Å²) in [5, 5.41) is 0. The fraction of sp³-hybridized carbons (Fsp3) is 0.702. The molecule has 0 aliphatic rings. The molecule has 2 aromatic carbocycles. The summed E-state index contributed by atoms with van der Waals surface area (Å²) in [7, 11) is 0. The molecule has 2 nitrogen and oxygen atoms in total. The molecular formula is C47H78N2. The van der Waals surface area contributed by atoms with Crippen LogP contribution in [0.2, 0.25) is 0 Å². The first kappa shape index (κ1) is 42.9. The van der Waals surface area contributed by atoms with Crippen LogP contribution in [0.25, 0.3) is 0 Å². The molecule has 2 rings (SSSR count). The van der Waals surface area contributed by atoms with Crippen LogP contribution in [-0.2, 0) is 0 Å². The van der Waals surface area contributed by atoms with Crippen LogP contribution in [0.5, 0.6) is 0 Å². The topological polar surface area (TPSA) is 24.7 Å². The predicted octanol–water partition coefficient (Wildman–Crippen LogP) is 16.3. The second-order valence-corrected chi connectivity index (χ2v) is 15.3. The lowest BCUT2D eigenvalue weighted by molar-refractivity contribution is 0.518. The maximum absolute atomic E-state index is 5.26. The van der Waals surface area contributed by atoms with Crippen molar-refractivity contribution in [3.63, 3.8) is 0 Å². The third-order valence-corrected chi connectivity index (χ3v) is 10.6. The molecule has 0 bridgehead atoms. The highest BCUT2D eigenvalue weighted by Crippen LogP contribution is 2.23. The summed E-state index contributed by atoms with van der Waals surface area (Å²) in [6.45, 7) is 13.3. The monoisotopic (exact) mass is 671 g/mol. The third kappa shape index (κ3) is 20.9. The van der Waals surface area contributed by atoms with Crippen LogP contribution in [0.4, 0.5) is 11.4 Å². The Morgan fingerprint density at radius 3 is 0.939 bits per heavy atom. The fourth-order valence-electron chi connectivity index (χ4n) is 6.85. The Kier molecular flexibility index (Phi) is 25.0. The van der Waals surface area contributed by atoms with E-state index < -0.39 is 0 Å². The van der Waals surface area contributed by atoms with Gasteiger partial charge in [0.2, 0.25) is 0 Å². The first-order valence-electron chi connectivity index (χ1n) is 21.2. The van der Waals surface area contributed by atoms with E-state index in [1.807, 2.05) is 0 Å². The van der Waals surface area contributed by atoms with Crippen molar-refractivity contribution >= 4 is 22.8 Å². The minimum Gasteiger partial charge on any atom is -0.252 e. The van der Waals surface area contributed by atoms with Crippen LogP contribution in [0.1, 0.15) is 209 Å². The predicted molar refractivity (Wildman–Crippen MR) is 222 cm³/mol. The van der Waals surface area contributed by atoms with Crippen LogP contribution >= 0.6 is 0 Å². The molecular weight excluding hydrogens is 593 g/mol. The number of unbranched alkanes of at least 4 members (excludes halogenated alkanes) is 23. The molecule has 0 aromatic heterocycles. The molecule has 0 aliphatic heterocycles. The molecule has 0 heterocycles. The van der Waals surface area contributed by atoms with Crippen molar-refractivity contribution in [2.45, 2.75) is 215 Å². The van der Waals surface area contributed by atoms with Crippen LogP contribution in [0.3, 0.4) is 0 Å². The molecule has 0 saturated heterocycles. The molecule has 0 N–H and O–H groups in total. The minimum absolute atomic E-state index is 0.993. The molecule has 276 valence electrons. The maximum atomic E-state index is 5.26. The number of hydrogen-bond donors (Lipinski definition) is 0. The molecule has 2 heteroatoms. The van der Waals surface area contributed by atoms with E-state index in [-0.39, 0.29) is 0 Å². The molecule has 0 saturated carbocycles. The van der Waals surface area contributed by atoms with Gasteiger partial charge in [0.05, 0.1) is 22.8 Å². The van der Waals surface area contributed by atoms with E-state index in [1.165, 1.54) is 188 Å². The molecule has 0 radical (unpaired) electrons. The number of rotatable bonds is 30. The van der Waals surface area contributed by atoms with Crippen molar-refractivity contribution in [3.05, 3.63) is 58.7 Å². The van der Waals surface area contributed by atoms with Gasteiger partial charge in [-0.25, -0.2) is 0 Å². The lowest BCUT2D eigenvalue weighted by Gasteiger charge is -2.12. The second-order valence-electron chi connectivity index (χ2n) is 15.3. The largest absolute Gasteiger partial charge is 0.252 e. The first-order valence-corrected chi connectivity index (χ1v) is 21.2. The third-order valence-electron chi connectivity index (χ3n) is 10.6. The van der Waals surface area contributed by atoms with Gasteiger partial charge >= 0.3 is 0 Å². The molecule has 0 atom stereocenters. The molecule has 2 aromatic rings. The first-order chi connectivity index (χ1) is 23.9. The van der Waals surface area contributed by atoms with E-state index in [9.17, 15) is 0 Å². The fourth-order valence-corrected chi connectivity index (χ4v) is 6.85. The van der Waals surface area contributed by atoms with Crippen molar-refractivity contribution in [3.8, 4) is 0 Å². The SMILES string of the molecule is CCCCCCCCCCCCCCCCCCCCCCCCCC(=Nc1ccc(C)c(C)c1)C(CCCC)=Nc1ccc(C)c(C)c1. The Morgan fingerprint density at radius 2 is 0.633 bits per heavy atom. The van der Waals surface area contributed by atoms with Crippen LogP contribution < -0.4 is 0 Å². The summed E-state index contributed by atoms with van der Waals surface area (Å²) in [4.78, 5) is 10.5. The Labute approximate surface area is 305 Å². The van der Waals surface area contributed by atoms with Gasteiger partial charge in [-0.15, -0.1) is 0 Å². The van der Waals surface area contributed by atoms with Crippen LogP contribution in [-0.4, -0.2) is 11.4 Å². The molecule has 49 heavy (non-hydrogen) atoms. The summed E-state index contributed by atoms with van der Waals surface area (Å²) in [5.41, 5.74) is 9.76. The van der Waals surface area contributed by atoms with E-state index >= 15 is 0 Å². The highest BCUT2D eigenvalue weighted by atomic mass is 14.8. The average Bonchev–Trinajstić information content (AvgIpc) is 3.09. The average molecular weight is 671 g/mol. The highest BCUT2D eigenvalue weighted by Gasteiger charge is 2.11. The van der Waals surface area contributed by atoms with Crippen molar-refractivity contribution < 1.29 is 0 Å². The van der Waals surface area contributed by atoms with Crippen molar-refractivity contribution in [1.82, 2.24) is 0 Å². The van der Waals surface area contributed by atoms with Crippen LogP contribution in [0.15, 0.2) is 46.4 Å². The van der Waals surface area contributed by atoms with Crippen molar-refractivity contribution in [2.75, 3.05) is 0 Å². The summed E-state index contributed by atoms with van der Waals surface area (Å²) in [6.07, 6.45) is 37.1. The zero-order valence-electron chi connectivity index (χ0n) is 33.5. The van der Waals surface area contributed by atoms with Gasteiger partial charge in [-0.05, 0) is 99.9 Å². The normalized spacial score (nSPS) is 12.3. The van der Waals surface area contributed by atoms with E-state index in [4.69, 9.17) is 9.98 Å². The van der Waals surface area contributed by atoms with E-state index in [1.54, 1.807) is 0 Å². The lowest BCUT2D eigenvalue weighted by Crippen LogP contribution is -2.14. The Balaban J connectivity index is 1.64. The number of benzene rings is 2. The zero-order valence-corrected chi connectivity index (χ0v) is 33.5. The number of aliphatic imine (C=N–C) groups is 2. The van der Waals surface area contributed by atoms with Gasteiger partial charge in [0.1, 0.15) is 0 Å². The van der Waals surface area contributed by atoms with Gasteiger partial charge in [-0.3, -0.25) is 9.98 Å². The Bertz CT molecular complexity index is 1170. The number of hydrogen-bond acceptors (Lipinski definition) is 2. The quantitative estimate of drug-likeness (QED) is 0.0584. The van der Waals surface area contributed by atoms with Crippen LogP contribution in [0, 0.1) is 27.7 Å². The minimum atomic E-state index is 0.993. The Hall–Kier alpha value is -2.22. The second kappa shape index (κ2) is 28.5. The van der Waals surface area contributed by atoms with Gasteiger partial charge in [-0.1, -0.05) is 174 Å². The number of aryl methyl sites for hydroxylation is 4. The summed E-state index contributed by atoms with van der Waals surface area (Å²) in [6, 6.07) is 13.2. The summed E-state index contributed by atoms with van der Waals surface area (Å²) in [5.74, 6) is 0. The van der Waals surface area contributed by atoms with Gasteiger partial charge in [-0.2, -0.15) is 0 Å². The summed E-state index contributed by atoms with van der Waals surface area (Å²) >= 11 is 0.